The maximum Gasteiger partial charge on any atom is 0.0705 e. The second-order valence-corrected chi connectivity index (χ2v) is 4.97. The lowest BCUT2D eigenvalue weighted by Crippen LogP contribution is -2.13. The molecule has 2 heterocycles. The average Bonchev–Trinajstić information content (AvgIpc) is 2.91. The zero-order valence-corrected chi connectivity index (χ0v) is 10.5. The van der Waals surface area contributed by atoms with Crippen molar-refractivity contribution in [3.05, 3.63) is 77.5 Å². The van der Waals surface area contributed by atoms with Crippen LogP contribution in [0.25, 0.3) is 10.9 Å². The van der Waals surface area contributed by atoms with E-state index in [9.17, 15) is 0 Å². The first-order valence-corrected chi connectivity index (χ1v) is 6.58. The number of aromatic nitrogens is 1. The van der Waals surface area contributed by atoms with E-state index in [4.69, 9.17) is 0 Å². The van der Waals surface area contributed by atoms with Crippen LogP contribution in [0.2, 0.25) is 0 Å². The lowest BCUT2D eigenvalue weighted by molar-refractivity contribution is 0.668. The first-order valence-electron chi connectivity index (χ1n) is 6.58. The molecule has 0 fully saturated rings. The molecular weight excluding hydrogens is 232 g/mol. The van der Waals surface area contributed by atoms with Crippen LogP contribution in [-0.4, -0.2) is 4.98 Å². The first-order chi connectivity index (χ1) is 9.42. The molecule has 3 aromatic rings. The van der Waals surface area contributed by atoms with E-state index in [1.807, 2.05) is 12.3 Å². The minimum atomic E-state index is 0.294. The van der Waals surface area contributed by atoms with Crippen molar-refractivity contribution >= 4 is 10.9 Å². The van der Waals surface area contributed by atoms with Crippen molar-refractivity contribution in [1.29, 1.82) is 0 Å². The maximum absolute atomic E-state index is 4.44. The summed E-state index contributed by atoms with van der Waals surface area (Å²) in [6.07, 6.45) is 1.85. The molecule has 0 radical (unpaired) electrons. The number of nitrogens with zero attached hydrogens (tertiary/aromatic N) is 1. The average molecular weight is 246 g/mol. The predicted octanol–water partition coefficient (Wildman–Crippen LogP) is 3.43. The fourth-order valence-electron chi connectivity index (χ4n) is 2.86. The lowest BCUT2D eigenvalue weighted by Gasteiger charge is -2.13. The topological polar surface area (TPSA) is 24.9 Å². The van der Waals surface area contributed by atoms with Crippen molar-refractivity contribution in [3.63, 3.8) is 0 Å². The monoisotopic (exact) mass is 246 g/mol. The van der Waals surface area contributed by atoms with Crippen LogP contribution in [0.3, 0.4) is 0 Å². The molecule has 1 aliphatic heterocycles. The van der Waals surface area contributed by atoms with Gasteiger partial charge in [-0.3, -0.25) is 4.98 Å². The van der Waals surface area contributed by atoms with E-state index in [-0.39, 0.29) is 0 Å². The summed E-state index contributed by atoms with van der Waals surface area (Å²) >= 11 is 0. The summed E-state index contributed by atoms with van der Waals surface area (Å²) in [6, 6.07) is 19.5. The number of hydrogen-bond donors (Lipinski definition) is 1. The van der Waals surface area contributed by atoms with Gasteiger partial charge in [-0.25, -0.2) is 0 Å². The van der Waals surface area contributed by atoms with Gasteiger partial charge in [-0.15, -0.1) is 0 Å². The highest BCUT2D eigenvalue weighted by Crippen LogP contribution is 2.31. The number of pyridine rings is 1. The normalized spacial score (nSPS) is 17.6. The number of hydrogen-bond acceptors (Lipinski definition) is 2. The molecule has 0 saturated carbocycles. The van der Waals surface area contributed by atoms with Gasteiger partial charge in [0.1, 0.15) is 0 Å². The van der Waals surface area contributed by atoms with E-state index in [0.717, 1.165) is 12.1 Å². The number of benzene rings is 2. The fourth-order valence-corrected chi connectivity index (χ4v) is 2.86. The second-order valence-electron chi connectivity index (χ2n) is 4.97. The largest absolute Gasteiger partial charge is 0.302 e. The van der Waals surface area contributed by atoms with Crippen LogP contribution < -0.4 is 5.32 Å². The Morgan fingerprint density at radius 1 is 1.00 bits per heavy atom. The zero-order chi connectivity index (χ0) is 12.7. The van der Waals surface area contributed by atoms with Crippen molar-refractivity contribution < 1.29 is 0 Å². The Morgan fingerprint density at radius 2 is 1.95 bits per heavy atom. The molecule has 1 unspecified atom stereocenters. The van der Waals surface area contributed by atoms with E-state index in [0.29, 0.717) is 6.04 Å². The van der Waals surface area contributed by atoms with Gasteiger partial charge in [0.25, 0.3) is 0 Å². The highest BCUT2D eigenvalue weighted by molar-refractivity contribution is 5.79. The molecule has 0 amide bonds. The summed E-state index contributed by atoms with van der Waals surface area (Å²) in [7, 11) is 0. The third-order valence-electron chi connectivity index (χ3n) is 3.83. The SMILES string of the molecule is c1ccc2c(c1)CNC2c1ccc2cccnc2c1. The summed E-state index contributed by atoms with van der Waals surface area (Å²) in [5.74, 6) is 0. The van der Waals surface area contributed by atoms with Gasteiger partial charge in [-0.05, 0) is 28.8 Å². The Hall–Kier alpha value is -2.19. The Kier molecular flexibility index (Phi) is 2.35. The zero-order valence-electron chi connectivity index (χ0n) is 10.5. The van der Waals surface area contributed by atoms with Crippen LogP contribution in [0, 0.1) is 0 Å². The Labute approximate surface area is 112 Å². The van der Waals surface area contributed by atoms with Crippen LogP contribution in [0.4, 0.5) is 0 Å². The van der Waals surface area contributed by atoms with Crippen LogP contribution >= 0.6 is 0 Å². The van der Waals surface area contributed by atoms with Gasteiger partial charge in [-0.2, -0.15) is 0 Å². The fraction of sp³-hybridized carbons (Fsp3) is 0.118. The van der Waals surface area contributed by atoms with Crippen molar-refractivity contribution in [2.24, 2.45) is 0 Å². The van der Waals surface area contributed by atoms with Gasteiger partial charge in [0.05, 0.1) is 11.6 Å². The molecule has 4 rings (SSSR count). The molecule has 1 aliphatic rings. The third kappa shape index (κ3) is 1.72. The van der Waals surface area contributed by atoms with E-state index in [1.54, 1.807) is 0 Å². The van der Waals surface area contributed by atoms with Crippen LogP contribution in [-0.2, 0) is 6.54 Å². The molecule has 1 atom stereocenters. The van der Waals surface area contributed by atoms with Crippen molar-refractivity contribution in [2.75, 3.05) is 0 Å². The molecule has 0 spiro atoms. The quantitative estimate of drug-likeness (QED) is 0.711. The van der Waals surface area contributed by atoms with Crippen LogP contribution in [0.15, 0.2) is 60.8 Å². The maximum atomic E-state index is 4.44. The van der Waals surface area contributed by atoms with Crippen molar-refractivity contribution in [1.82, 2.24) is 10.3 Å². The molecule has 1 aromatic heterocycles. The molecule has 0 aliphatic carbocycles. The number of rotatable bonds is 1. The van der Waals surface area contributed by atoms with Crippen LogP contribution in [0.5, 0.6) is 0 Å². The molecule has 92 valence electrons. The van der Waals surface area contributed by atoms with Gasteiger partial charge in [-0.1, -0.05) is 42.5 Å². The van der Waals surface area contributed by atoms with Gasteiger partial charge in [0.2, 0.25) is 0 Å². The van der Waals surface area contributed by atoms with Crippen LogP contribution in [0.1, 0.15) is 22.7 Å². The molecular formula is C17H14N2. The molecule has 2 nitrogen and oxygen atoms in total. The Bertz CT molecular complexity index is 749. The van der Waals surface area contributed by atoms with E-state index in [2.05, 4.69) is 58.8 Å². The molecule has 0 saturated heterocycles. The summed E-state index contributed by atoms with van der Waals surface area (Å²) < 4.78 is 0. The van der Waals surface area contributed by atoms with Gasteiger partial charge < -0.3 is 5.32 Å². The van der Waals surface area contributed by atoms with E-state index >= 15 is 0 Å². The van der Waals surface area contributed by atoms with E-state index in [1.165, 1.54) is 22.1 Å². The Balaban J connectivity index is 1.83. The lowest BCUT2D eigenvalue weighted by atomic mass is 9.97. The number of fused-ring (bicyclic) bond motifs is 2. The summed E-state index contributed by atoms with van der Waals surface area (Å²) in [5.41, 5.74) is 5.13. The van der Waals surface area contributed by atoms with Gasteiger partial charge in [0.15, 0.2) is 0 Å². The third-order valence-corrected chi connectivity index (χ3v) is 3.83. The molecule has 2 aromatic carbocycles. The standard InChI is InChI=1S/C17H14N2/c1-2-6-15-14(4-1)11-19-17(15)13-8-7-12-5-3-9-18-16(12)10-13/h1-10,17,19H,11H2. The highest BCUT2D eigenvalue weighted by atomic mass is 14.9. The Morgan fingerprint density at radius 3 is 2.95 bits per heavy atom. The minimum Gasteiger partial charge on any atom is -0.302 e. The second kappa shape index (κ2) is 4.18. The highest BCUT2D eigenvalue weighted by Gasteiger charge is 2.22. The molecule has 1 N–H and O–H groups in total. The summed E-state index contributed by atoms with van der Waals surface area (Å²) in [6.45, 7) is 0.946. The van der Waals surface area contributed by atoms with Crippen molar-refractivity contribution in [2.45, 2.75) is 12.6 Å². The molecule has 19 heavy (non-hydrogen) atoms. The molecule has 2 heteroatoms. The summed E-state index contributed by atoms with van der Waals surface area (Å²) in [5, 5.41) is 4.77. The smallest absolute Gasteiger partial charge is 0.0705 e. The summed E-state index contributed by atoms with van der Waals surface area (Å²) in [4.78, 5) is 4.44. The van der Waals surface area contributed by atoms with E-state index < -0.39 is 0 Å². The molecule has 0 bridgehead atoms. The number of nitrogens with one attached hydrogen (secondary N) is 1. The predicted molar refractivity (Wildman–Crippen MR) is 76.9 cm³/mol. The van der Waals surface area contributed by atoms with Gasteiger partial charge in [0, 0.05) is 18.1 Å². The first kappa shape index (κ1) is 10.7. The van der Waals surface area contributed by atoms with Gasteiger partial charge >= 0.3 is 0 Å². The minimum absolute atomic E-state index is 0.294. The van der Waals surface area contributed by atoms with Crippen molar-refractivity contribution in [3.8, 4) is 0 Å².